The molecule has 3 aromatic carbocycles. The van der Waals surface area contributed by atoms with E-state index in [1.807, 2.05) is 6.07 Å². The van der Waals surface area contributed by atoms with E-state index in [4.69, 9.17) is 16.3 Å². The SMILES string of the molecule is O=C(C[C@H]1C(=O)Nc2ccccc2N1C(=O)COc1ccc(Cl)cc1)Nc1ccccc1. The summed E-state index contributed by atoms with van der Waals surface area (Å²) in [5.41, 5.74) is 1.62. The summed E-state index contributed by atoms with van der Waals surface area (Å²) in [7, 11) is 0. The molecule has 0 unspecified atom stereocenters. The lowest BCUT2D eigenvalue weighted by atomic mass is 10.0. The predicted octanol–water partition coefficient (Wildman–Crippen LogP) is 4.10. The average molecular weight is 450 g/mol. The molecule has 4 rings (SSSR count). The molecule has 162 valence electrons. The van der Waals surface area contributed by atoms with E-state index in [-0.39, 0.29) is 18.9 Å². The normalized spacial score (nSPS) is 14.8. The third-order valence-corrected chi connectivity index (χ3v) is 5.17. The van der Waals surface area contributed by atoms with Gasteiger partial charge in [-0.05, 0) is 48.5 Å². The molecular formula is C24H20ClN3O4. The summed E-state index contributed by atoms with van der Waals surface area (Å²) >= 11 is 5.88. The summed E-state index contributed by atoms with van der Waals surface area (Å²) in [5, 5.41) is 6.08. The van der Waals surface area contributed by atoms with Crippen LogP contribution >= 0.6 is 11.6 Å². The first-order valence-electron chi connectivity index (χ1n) is 9.96. The van der Waals surface area contributed by atoms with Gasteiger partial charge >= 0.3 is 0 Å². The molecule has 0 spiro atoms. The molecule has 0 aliphatic carbocycles. The number of fused-ring (bicyclic) bond motifs is 1. The molecule has 3 amide bonds. The maximum atomic E-state index is 13.2. The summed E-state index contributed by atoms with van der Waals surface area (Å²) in [4.78, 5) is 40.0. The smallest absolute Gasteiger partial charge is 0.265 e. The first-order valence-corrected chi connectivity index (χ1v) is 10.3. The summed E-state index contributed by atoms with van der Waals surface area (Å²) in [6, 6.07) is 21.5. The van der Waals surface area contributed by atoms with Gasteiger partial charge in [-0.1, -0.05) is 41.9 Å². The maximum absolute atomic E-state index is 13.2. The summed E-state index contributed by atoms with van der Waals surface area (Å²) in [6.07, 6.45) is -0.207. The van der Waals surface area contributed by atoms with E-state index in [0.717, 1.165) is 0 Å². The second-order valence-corrected chi connectivity index (χ2v) is 7.58. The number of ether oxygens (including phenoxy) is 1. The van der Waals surface area contributed by atoms with E-state index in [2.05, 4.69) is 10.6 Å². The molecule has 1 aliphatic rings. The highest BCUT2D eigenvalue weighted by atomic mass is 35.5. The topological polar surface area (TPSA) is 87.7 Å². The van der Waals surface area contributed by atoms with E-state index >= 15 is 0 Å². The Labute approximate surface area is 189 Å². The molecule has 8 heteroatoms. The number of hydrogen-bond donors (Lipinski definition) is 2. The Bertz CT molecular complexity index is 1140. The molecule has 1 atom stereocenters. The van der Waals surface area contributed by atoms with E-state index in [0.29, 0.717) is 27.8 Å². The van der Waals surface area contributed by atoms with Gasteiger partial charge in [0.25, 0.3) is 5.91 Å². The number of hydrogen-bond acceptors (Lipinski definition) is 4. The van der Waals surface area contributed by atoms with Crippen LogP contribution in [0.15, 0.2) is 78.9 Å². The first kappa shape index (κ1) is 21.4. The fourth-order valence-electron chi connectivity index (χ4n) is 3.44. The Morgan fingerprint density at radius 3 is 2.41 bits per heavy atom. The largest absolute Gasteiger partial charge is 0.484 e. The van der Waals surface area contributed by atoms with Crippen molar-refractivity contribution in [3.8, 4) is 5.75 Å². The first-order chi connectivity index (χ1) is 15.5. The van der Waals surface area contributed by atoms with E-state index in [1.165, 1.54) is 4.90 Å². The molecule has 1 heterocycles. The van der Waals surface area contributed by atoms with Crippen molar-refractivity contribution in [1.82, 2.24) is 0 Å². The van der Waals surface area contributed by atoms with Gasteiger partial charge in [0, 0.05) is 10.7 Å². The number of nitrogens with zero attached hydrogens (tertiary/aromatic N) is 1. The van der Waals surface area contributed by atoms with Crippen molar-refractivity contribution >= 4 is 46.4 Å². The van der Waals surface area contributed by atoms with Crippen molar-refractivity contribution in [1.29, 1.82) is 0 Å². The number of para-hydroxylation sites is 3. The maximum Gasteiger partial charge on any atom is 0.265 e. The fraction of sp³-hybridized carbons (Fsp3) is 0.125. The number of nitrogens with one attached hydrogen (secondary N) is 2. The average Bonchev–Trinajstić information content (AvgIpc) is 2.79. The second kappa shape index (κ2) is 9.53. The molecule has 0 radical (unpaired) electrons. The highest BCUT2D eigenvalue weighted by molar-refractivity contribution is 6.30. The number of anilines is 3. The lowest BCUT2D eigenvalue weighted by molar-refractivity contribution is -0.127. The molecule has 0 bridgehead atoms. The molecule has 3 aromatic rings. The Balaban J connectivity index is 1.54. The third kappa shape index (κ3) is 4.90. The zero-order valence-corrected chi connectivity index (χ0v) is 17.7. The van der Waals surface area contributed by atoms with Crippen LogP contribution in [0.4, 0.5) is 17.1 Å². The predicted molar refractivity (Wildman–Crippen MR) is 123 cm³/mol. The van der Waals surface area contributed by atoms with Crippen LogP contribution in [0.25, 0.3) is 0 Å². The van der Waals surface area contributed by atoms with Gasteiger partial charge in [0.15, 0.2) is 6.61 Å². The standard InChI is InChI=1S/C24H20ClN3O4/c25-16-10-12-18(13-11-16)32-15-23(30)28-20-9-5-4-8-19(20)27-24(31)21(28)14-22(29)26-17-6-2-1-3-7-17/h1-13,21H,14-15H2,(H,26,29)(H,27,31)/t21-/m0/s1. The van der Waals surface area contributed by atoms with E-state index < -0.39 is 17.9 Å². The third-order valence-electron chi connectivity index (χ3n) is 4.92. The highest BCUT2D eigenvalue weighted by Gasteiger charge is 2.38. The van der Waals surface area contributed by atoms with Gasteiger partial charge in [-0.2, -0.15) is 0 Å². The lowest BCUT2D eigenvalue weighted by Crippen LogP contribution is -2.53. The van der Waals surface area contributed by atoms with Crippen molar-refractivity contribution in [2.75, 3.05) is 22.1 Å². The van der Waals surface area contributed by atoms with E-state index in [1.54, 1.807) is 72.8 Å². The van der Waals surface area contributed by atoms with Crippen molar-refractivity contribution in [3.63, 3.8) is 0 Å². The summed E-state index contributed by atoms with van der Waals surface area (Å²) in [6.45, 7) is -0.306. The van der Waals surface area contributed by atoms with Crippen molar-refractivity contribution < 1.29 is 19.1 Å². The quantitative estimate of drug-likeness (QED) is 0.593. The molecule has 7 nitrogen and oxygen atoms in total. The van der Waals surface area contributed by atoms with Crippen LogP contribution in [-0.2, 0) is 14.4 Å². The lowest BCUT2D eigenvalue weighted by Gasteiger charge is -2.36. The molecule has 0 aromatic heterocycles. The minimum absolute atomic E-state index is 0.207. The molecule has 0 fully saturated rings. The number of carbonyl (C=O) groups is 3. The van der Waals surface area contributed by atoms with Crippen LogP contribution < -0.4 is 20.3 Å². The van der Waals surface area contributed by atoms with Crippen LogP contribution in [0.1, 0.15) is 6.42 Å². The number of benzene rings is 3. The van der Waals surface area contributed by atoms with Crippen LogP contribution in [0.2, 0.25) is 5.02 Å². The van der Waals surface area contributed by atoms with Crippen LogP contribution in [0, 0.1) is 0 Å². The van der Waals surface area contributed by atoms with Gasteiger partial charge in [-0.25, -0.2) is 0 Å². The molecule has 0 saturated heterocycles. The number of carbonyl (C=O) groups excluding carboxylic acids is 3. The molecule has 2 N–H and O–H groups in total. The van der Waals surface area contributed by atoms with Gasteiger partial charge in [0.2, 0.25) is 11.8 Å². The molecular weight excluding hydrogens is 430 g/mol. The molecule has 1 aliphatic heterocycles. The number of halogens is 1. The number of amides is 3. The second-order valence-electron chi connectivity index (χ2n) is 7.15. The van der Waals surface area contributed by atoms with Gasteiger partial charge < -0.3 is 15.4 Å². The molecule has 32 heavy (non-hydrogen) atoms. The summed E-state index contributed by atoms with van der Waals surface area (Å²) in [5.74, 6) is -0.797. The highest BCUT2D eigenvalue weighted by Crippen LogP contribution is 2.33. The minimum Gasteiger partial charge on any atom is -0.484 e. The Morgan fingerprint density at radius 1 is 0.969 bits per heavy atom. The number of rotatable bonds is 6. The van der Waals surface area contributed by atoms with Crippen LogP contribution in [0.5, 0.6) is 5.75 Å². The van der Waals surface area contributed by atoms with Crippen molar-refractivity contribution in [3.05, 3.63) is 83.9 Å². The van der Waals surface area contributed by atoms with Gasteiger partial charge in [-0.15, -0.1) is 0 Å². The minimum atomic E-state index is -1.02. The fourth-order valence-corrected chi connectivity index (χ4v) is 3.56. The van der Waals surface area contributed by atoms with Crippen molar-refractivity contribution in [2.24, 2.45) is 0 Å². The Morgan fingerprint density at radius 2 is 1.66 bits per heavy atom. The van der Waals surface area contributed by atoms with Crippen LogP contribution in [0.3, 0.4) is 0 Å². The Hall–Kier alpha value is -3.84. The monoisotopic (exact) mass is 449 g/mol. The van der Waals surface area contributed by atoms with Gasteiger partial charge in [-0.3, -0.25) is 19.3 Å². The van der Waals surface area contributed by atoms with Gasteiger partial charge in [0.05, 0.1) is 17.8 Å². The Kier molecular flexibility index (Phi) is 6.37. The van der Waals surface area contributed by atoms with Gasteiger partial charge in [0.1, 0.15) is 11.8 Å². The van der Waals surface area contributed by atoms with Crippen molar-refractivity contribution in [2.45, 2.75) is 12.5 Å². The zero-order valence-electron chi connectivity index (χ0n) is 17.0. The zero-order chi connectivity index (χ0) is 22.5. The van der Waals surface area contributed by atoms with Crippen LogP contribution in [-0.4, -0.2) is 30.4 Å². The van der Waals surface area contributed by atoms with E-state index in [9.17, 15) is 14.4 Å². The molecule has 0 saturated carbocycles. The summed E-state index contributed by atoms with van der Waals surface area (Å²) < 4.78 is 5.59.